The predicted molar refractivity (Wildman–Crippen MR) is 195 cm³/mol. The average molecular weight is 658 g/mol. The third kappa shape index (κ3) is 7.95. The van der Waals surface area contributed by atoms with Crippen LogP contribution in [0, 0.1) is 0 Å². The molecule has 4 aromatic rings. The molecule has 0 aromatic heterocycles. The number of rotatable bonds is 18. The normalized spacial score (nSPS) is 10.7. The molecule has 0 aliphatic rings. The summed E-state index contributed by atoms with van der Waals surface area (Å²) in [6.07, 6.45) is 2.69. The lowest BCUT2D eigenvalue weighted by molar-refractivity contribution is 0.355. The van der Waals surface area contributed by atoms with E-state index in [-0.39, 0.29) is 0 Å². The number of hydrogen-bond acceptors (Lipinski definition) is 9. The Hall–Kier alpha value is -4.92. The summed E-state index contributed by atoms with van der Waals surface area (Å²) in [5.41, 5.74) is 10.9. The highest BCUT2D eigenvalue weighted by atomic mass is 16.5. The number of methoxy groups -OCH3 is 6. The minimum absolute atomic E-state index is 0.665. The van der Waals surface area contributed by atoms with Crippen molar-refractivity contribution in [1.29, 1.82) is 0 Å². The van der Waals surface area contributed by atoms with Gasteiger partial charge in [0.1, 0.15) is 0 Å². The van der Waals surface area contributed by atoms with Crippen LogP contribution in [0.1, 0.15) is 54.2 Å². The van der Waals surface area contributed by atoms with Crippen LogP contribution in [-0.2, 0) is 38.9 Å². The second-order valence-electron chi connectivity index (χ2n) is 11.2. The molecule has 0 amide bonds. The van der Waals surface area contributed by atoms with Crippen molar-refractivity contribution in [3.8, 4) is 34.5 Å². The molecule has 9 heteroatoms. The largest absolute Gasteiger partial charge is 0.493 e. The molecule has 0 unspecified atom stereocenters. The molecule has 0 spiro atoms. The lowest BCUT2D eigenvalue weighted by Gasteiger charge is -2.27. The molecular weight excluding hydrogens is 606 g/mol. The molecule has 0 fully saturated rings. The summed E-state index contributed by atoms with van der Waals surface area (Å²) in [6.45, 7) is 8.73. The van der Waals surface area contributed by atoms with Crippen molar-refractivity contribution in [1.82, 2.24) is 0 Å². The molecule has 0 bridgehead atoms. The van der Waals surface area contributed by atoms with Crippen LogP contribution in [-0.4, -0.2) is 42.7 Å². The molecule has 0 saturated heterocycles. The van der Waals surface area contributed by atoms with Gasteiger partial charge in [-0.2, -0.15) is 0 Å². The fraction of sp³-hybridized carbons (Fsp3) is 0.385. The molecule has 0 aliphatic heterocycles. The molecule has 258 valence electrons. The first-order valence-corrected chi connectivity index (χ1v) is 16.4. The standard InChI is InChI=1S/C39H51N3O6/c1-10-28-31(22-40-25-13-16-34(43-4)37(19-25)46-7)29(11-2)33(24-42-27-15-18-36(45-6)39(21-27)48-9)30(12-3)32(28)23-41-26-14-17-35(44-5)38(20-26)47-8/h13-21,40-42H,10-12,22-24H2,1-9H3. The zero-order valence-electron chi connectivity index (χ0n) is 29.9. The maximum absolute atomic E-state index is 5.58. The van der Waals surface area contributed by atoms with Gasteiger partial charge in [0.05, 0.1) is 42.7 Å². The van der Waals surface area contributed by atoms with E-state index < -0.39 is 0 Å². The Morgan fingerprint density at radius 1 is 0.354 bits per heavy atom. The Morgan fingerprint density at radius 2 is 0.604 bits per heavy atom. The SMILES string of the molecule is CCc1c(CNc2ccc(OC)c(OC)c2)c(CC)c(CNc2ccc(OC)c(OC)c2)c(CC)c1CNc1ccc(OC)c(OC)c1. The van der Waals surface area contributed by atoms with Gasteiger partial charge in [0, 0.05) is 54.9 Å². The van der Waals surface area contributed by atoms with Crippen LogP contribution >= 0.6 is 0 Å². The van der Waals surface area contributed by atoms with Gasteiger partial charge in [-0.05, 0) is 89.0 Å². The van der Waals surface area contributed by atoms with E-state index >= 15 is 0 Å². The van der Waals surface area contributed by atoms with Crippen LogP contribution in [0.2, 0.25) is 0 Å². The Morgan fingerprint density at radius 3 is 0.812 bits per heavy atom. The van der Waals surface area contributed by atoms with Gasteiger partial charge in [0.25, 0.3) is 0 Å². The van der Waals surface area contributed by atoms with Gasteiger partial charge in [-0.3, -0.25) is 0 Å². The maximum Gasteiger partial charge on any atom is 0.162 e. The molecule has 0 atom stereocenters. The monoisotopic (exact) mass is 657 g/mol. The van der Waals surface area contributed by atoms with Gasteiger partial charge < -0.3 is 44.4 Å². The molecule has 3 N–H and O–H groups in total. The van der Waals surface area contributed by atoms with E-state index in [0.29, 0.717) is 54.1 Å². The third-order valence-electron chi connectivity index (χ3n) is 8.80. The molecule has 48 heavy (non-hydrogen) atoms. The van der Waals surface area contributed by atoms with Crippen LogP contribution in [0.15, 0.2) is 54.6 Å². The summed E-state index contributed by atoms with van der Waals surface area (Å²) in [6, 6.07) is 17.8. The summed E-state index contributed by atoms with van der Waals surface area (Å²) < 4.78 is 33.2. The number of ether oxygens (including phenoxy) is 6. The van der Waals surface area contributed by atoms with Crippen molar-refractivity contribution in [2.75, 3.05) is 58.6 Å². The van der Waals surface area contributed by atoms with E-state index in [1.165, 1.54) is 33.4 Å². The highest BCUT2D eigenvalue weighted by Crippen LogP contribution is 2.36. The topological polar surface area (TPSA) is 91.5 Å². The zero-order chi connectivity index (χ0) is 34.6. The van der Waals surface area contributed by atoms with Gasteiger partial charge in [-0.1, -0.05) is 20.8 Å². The minimum Gasteiger partial charge on any atom is -0.493 e. The molecular formula is C39H51N3O6. The first-order chi connectivity index (χ1) is 23.4. The molecule has 4 rings (SSSR count). The fourth-order valence-corrected chi connectivity index (χ4v) is 6.42. The van der Waals surface area contributed by atoms with E-state index in [9.17, 15) is 0 Å². The van der Waals surface area contributed by atoms with Crippen molar-refractivity contribution in [3.63, 3.8) is 0 Å². The van der Waals surface area contributed by atoms with E-state index in [1.807, 2.05) is 54.6 Å². The number of hydrogen-bond donors (Lipinski definition) is 3. The van der Waals surface area contributed by atoms with Crippen molar-refractivity contribution in [2.24, 2.45) is 0 Å². The Labute approximate surface area is 285 Å². The fourth-order valence-electron chi connectivity index (χ4n) is 6.42. The average Bonchev–Trinajstić information content (AvgIpc) is 3.14. The summed E-state index contributed by atoms with van der Waals surface area (Å²) in [5, 5.41) is 11.1. The lowest BCUT2D eigenvalue weighted by Crippen LogP contribution is -2.19. The Bertz CT molecular complexity index is 1460. The van der Waals surface area contributed by atoms with Crippen LogP contribution in [0.3, 0.4) is 0 Å². The number of anilines is 3. The second kappa shape index (κ2) is 17.3. The Balaban J connectivity index is 1.79. The van der Waals surface area contributed by atoms with Crippen molar-refractivity contribution in [2.45, 2.75) is 59.7 Å². The van der Waals surface area contributed by atoms with Crippen molar-refractivity contribution >= 4 is 17.1 Å². The van der Waals surface area contributed by atoms with Gasteiger partial charge in [-0.15, -0.1) is 0 Å². The molecule has 0 saturated carbocycles. The minimum atomic E-state index is 0.665. The molecule has 0 radical (unpaired) electrons. The third-order valence-corrected chi connectivity index (χ3v) is 8.80. The quantitative estimate of drug-likeness (QED) is 0.0978. The second-order valence-corrected chi connectivity index (χ2v) is 11.2. The smallest absolute Gasteiger partial charge is 0.162 e. The summed E-state index contributed by atoms with van der Waals surface area (Å²) in [5.74, 6) is 4.17. The summed E-state index contributed by atoms with van der Waals surface area (Å²) in [7, 11) is 9.92. The van der Waals surface area contributed by atoms with Crippen LogP contribution in [0.4, 0.5) is 17.1 Å². The number of benzene rings is 4. The molecule has 9 nitrogen and oxygen atoms in total. The van der Waals surface area contributed by atoms with E-state index in [4.69, 9.17) is 28.4 Å². The van der Waals surface area contributed by atoms with Gasteiger partial charge in [0.15, 0.2) is 34.5 Å². The number of nitrogens with one attached hydrogen (secondary N) is 3. The summed E-state index contributed by atoms with van der Waals surface area (Å²) in [4.78, 5) is 0. The van der Waals surface area contributed by atoms with Gasteiger partial charge >= 0.3 is 0 Å². The zero-order valence-corrected chi connectivity index (χ0v) is 29.9. The highest BCUT2D eigenvalue weighted by molar-refractivity contribution is 5.61. The first kappa shape index (κ1) is 35.9. The van der Waals surface area contributed by atoms with Gasteiger partial charge in [0.2, 0.25) is 0 Å². The molecule has 4 aromatic carbocycles. The lowest BCUT2D eigenvalue weighted by atomic mass is 9.83. The van der Waals surface area contributed by atoms with Crippen molar-refractivity contribution in [3.05, 3.63) is 88.0 Å². The molecule has 0 heterocycles. The molecule has 0 aliphatic carbocycles. The maximum atomic E-state index is 5.58. The van der Waals surface area contributed by atoms with E-state index in [0.717, 1.165) is 36.3 Å². The van der Waals surface area contributed by atoms with Crippen molar-refractivity contribution < 1.29 is 28.4 Å². The summed E-state index contributed by atoms with van der Waals surface area (Å²) >= 11 is 0. The Kier molecular flexibility index (Phi) is 12.9. The van der Waals surface area contributed by atoms with Gasteiger partial charge in [-0.25, -0.2) is 0 Å². The first-order valence-electron chi connectivity index (χ1n) is 16.4. The predicted octanol–water partition coefficient (Wildman–Crippen LogP) is 8.26. The highest BCUT2D eigenvalue weighted by Gasteiger charge is 2.22. The van der Waals surface area contributed by atoms with E-state index in [2.05, 4.69) is 36.7 Å². The van der Waals surface area contributed by atoms with Crippen LogP contribution in [0.25, 0.3) is 0 Å². The van der Waals surface area contributed by atoms with Crippen LogP contribution < -0.4 is 44.4 Å². The van der Waals surface area contributed by atoms with E-state index in [1.54, 1.807) is 42.7 Å². The van der Waals surface area contributed by atoms with Crippen LogP contribution in [0.5, 0.6) is 34.5 Å².